The van der Waals surface area contributed by atoms with Crippen LogP contribution in [0.25, 0.3) is 0 Å². The lowest BCUT2D eigenvalue weighted by atomic mass is 10.3. The first kappa shape index (κ1) is 15.1. The van der Waals surface area contributed by atoms with Gasteiger partial charge in [0.05, 0.1) is 17.2 Å². The first-order valence-electron chi connectivity index (χ1n) is 5.01. The van der Waals surface area contributed by atoms with Gasteiger partial charge in [-0.3, -0.25) is 9.52 Å². The number of carbonyl (C=O) groups is 1. The van der Waals surface area contributed by atoms with Crippen molar-refractivity contribution in [2.75, 3.05) is 22.1 Å². The number of benzene rings is 1. The van der Waals surface area contributed by atoms with Crippen LogP contribution in [-0.2, 0) is 14.8 Å². The van der Waals surface area contributed by atoms with Gasteiger partial charge in [-0.25, -0.2) is 8.42 Å². The normalized spacial score (nSPS) is 11.2. The molecule has 1 rings (SSSR count). The zero-order chi connectivity index (χ0) is 13.6. The molecule has 0 unspecified atom stereocenters. The minimum atomic E-state index is -3.46. The van der Waals surface area contributed by atoms with Crippen LogP contribution >= 0.6 is 23.4 Å². The van der Waals surface area contributed by atoms with E-state index in [1.165, 1.54) is 11.8 Å². The second-order valence-electron chi connectivity index (χ2n) is 3.36. The van der Waals surface area contributed by atoms with Gasteiger partial charge < -0.3 is 5.73 Å². The van der Waals surface area contributed by atoms with Gasteiger partial charge in [-0.15, -0.1) is 23.4 Å². The van der Waals surface area contributed by atoms with Gasteiger partial charge in [-0.05, 0) is 12.1 Å². The summed E-state index contributed by atoms with van der Waals surface area (Å²) in [5.74, 6) is -0.512. The fraction of sp³-hybridized carbons (Fsp3) is 0.300. The summed E-state index contributed by atoms with van der Waals surface area (Å²) >= 11 is 6.59. The van der Waals surface area contributed by atoms with Crippen LogP contribution in [0.3, 0.4) is 0 Å². The smallest absolute Gasteiger partial charge is 0.233 e. The summed E-state index contributed by atoms with van der Waals surface area (Å²) in [6, 6.07) is 6.79. The predicted octanol–water partition coefficient (Wildman–Crippen LogP) is 1.24. The van der Waals surface area contributed by atoms with Crippen molar-refractivity contribution < 1.29 is 13.2 Å². The van der Waals surface area contributed by atoms with E-state index < -0.39 is 15.9 Å². The van der Waals surface area contributed by atoms with Crippen molar-refractivity contribution in [3.05, 3.63) is 24.3 Å². The summed E-state index contributed by atoms with van der Waals surface area (Å²) in [6.45, 7) is 0. The highest BCUT2D eigenvalue weighted by molar-refractivity contribution is 8.00. The highest BCUT2D eigenvalue weighted by Crippen LogP contribution is 2.27. The number of nitrogens with one attached hydrogen (secondary N) is 1. The summed E-state index contributed by atoms with van der Waals surface area (Å²) in [7, 11) is -3.46. The van der Waals surface area contributed by atoms with Crippen LogP contribution in [0, 0.1) is 0 Å². The van der Waals surface area contributed by atoms with Crippen LogP contribution in [-0.4, -0.2) is 31.7 Å². The Morgan fingerprint density at radius 1 is 1.39 bits per heavy atom. The Bertz CT molecular complexity index is 520. The second-order valence-corrected chi connectivity index (χ2v) is 6.60. The molecule has 5 nitrogen and oxygen atoms in total. The minimum Gasteiger partial charge on any atom is -0.369 e. The van der Waals surface area contributed by atoms with E-state index in [-0.39, 0.29) is 17.4 Å². The Kier molecular flexibility index (Phi) is 5.77. The quantitative estimate of drug-likeness (QED) is 0.586. The van der Waals surface area contributed by atoms with Crippen molar-refractivity contribution in [3.63, 3.8) is 0 Å². The number of halogens is 1. The van der Waals surface area contributed by atoms with E-state index in [9.17, 15) is 13.2 Å². The van der Waals surface area contributed by atoms with E-state index in [2.05, 4.69) is 4.72 Å². The highest BCUT2D eigenvalue weighted by Gasteiger charge is 2.12. The Morgan fingerprint density at radius 2 is 2.06 bits per heavy atom. The van der Waals surface area contributed by atoms with Gasteiger partial charge >= 0.3 is 0 Å². The molecule has 0 fully saturated rings. The molecule has 0 saturated carbocycles. The molecular weight excluding hydrogens is 296 g/mol. The summed E-state index contributed by atoms with van der Waals surface area (Å²) < 4.78 is 25.6. The molecule has 0 heterocycles. The standard InChI is InChI=1S/C10H13ClN2O3S2/c11-5-6-18(15,16)13-8-3-1-2-4-9(8)17-7-10(12)14/h1-4,13H,5-7H2,(H2,12,14). The van der Waals surface area contributed by atoms with Gasteiger partial charge in [0.2, 0.25) is 15.9 Å². The third-order valence-corrected chi connectivity index (χ3v) is 4.65. The van der Waals surface area contributed by atoms with E-state index in [4.69, 9.17) is 17.3 Å². The van der Waals surface area contributed by atoms with Crippen LogP contribution in [0.1, 0.15) is 0 Å². The predicted molar refractivity (Wildman–Crippen MR) is 74.5 cm³/mol. The number of para-hydroxylation sites is 1. The molecular formula is C10H13ClN2O3S2. The topological polar surface area (TPSA) is 89.3 Å². The number of hydrogen-bond acceptors (Lipinski definition) is 4. The molecule has 0 spiro atoms. The van der Waals surface area contributed by atoms with Gasteiger partial charge in [0.15, 0.2) is 0 Å². The Hall–Kier alpha value is -0.920. The molecule has 0 aliphatic heterocycles. The monoisotopic (exact) mass is 308 g/mol. The molecule has 18 heavy (non-hydrogen) atoms. The summed E-state index contributed by atoms with van der Waals surface area (Å²) in [5.41, 5.74) is 5.47. The lowest BCUT2D eigenvalue weighted by Crippen LogP contribution is -2.18. The van der Waals surface area contributed by atoms with Crippen LogP contribution < -0.4 is 10.5 Å². The van der Waals surface area contributed by atoms with Gasteiger partial charge in [0, 0.05) is 10.8 Å². The van der Waals surface area contributed by atoms with E-state index >= 15 is 0 Å². The van der Waals surface area contributed by atoms with E-state index in [1.807, 2.05) is 0 Å². The maximum atomic E-state index is 11.6. The molecule has 0 atom stereocenters. The molecule has 0 aliphatic rings. The molecule has 1 aromatic carbocycles. The van der Waals surface area contributed by atoms with Crippen LogP contribution in [0.15, 0.2) is 29.2 Å². The van der Waals surface area contributed by atoms with Gasteiger partial charge in [0.1, 0.15) is 0 Å². The molecule has 0 radical (unpaired) electrons. The average molecular weight is 309 g/mol. The van der Waals surface area contributed by atoms with Crippen LogP contribution in [0.5, 0.6) is 0 Å². The molecule has 1 amide bonds. The largest absolute Gasteiger partial charge is 0.369 e. The lowest BCUT2D eigenvalue weighted by Gasteiger charge is -2.10. The molecule has 0 aliphatic carbocycles. The number of carbonyl (C=O) groups excluding carboxylic acids is 1. The third-order valence-electron chi connectivity index (χ3n) is 1.87. The van der Waals surface area contributed by atoms with E-state index in [0.717, 1.165) is 0 Å². The molecule has 0 aromatic heterocycles. The molecule has 100 valence electrons. The Labute approximate surface area is 115 Å². The van der Waals surface area contributed by atoms with Crippen molar-refractivity contribution >= 4 is 45.0 Å². The number of thioether (sulfide) groups is 1. The number of hydrogen-bond donors (Lipinski definition) is 2. The van der Waals surface area contributed by atoms with E-state index in [1.54, 1.807) is 24.3 Å². The number of primary amides is 1. The number of amides is 1. The number of sulfonamides is 1. The second kappa shape index (κ2) is 6.86. The molecule has 1 aromatic rings. The lowest BCUT2D eigenvalue weighted by molar-refractivity contribution is -0.115. The molecule has 3 N–H and O–H groups in total. The molecule has 8 heteroatoms. The van der Waals surface area contributed by atoms with Crippen molar-refractivity contribution in [1.29, 1.82) is 0 Å². The van der Waals surface area contributed by atoms with Gasteiger partial charge in [-0.1, -0.05) is 12.1 Å². The van der Waals surface area contributed by atoms with Crippen molar-refractivity contribution in [2.24, 2.45) is 5.73 Å². The Morgan fingerprint density at radius 3 is 2.67 bits per heavy atom. The highest BCUT2D eigenvalue weighted by atomic mass is 35.5. The van der Waals surface area contributed by atoms with Crippen molar-refractivity contribution in [2.45, 2.75) is 4.90 Å². The van der Waals surface area contributed by atoms with Crippen LogP contribution in [0.2, 0.25) is 0 Å². The fourth-order valence-electron chi connectivity index (χ4n) is 1.15. The number of rotatable bonds is 7. The first-order chi connectivity index (χ1) is 8.44. The summed E-state index contributed by atoms with van der Waals surface area (Å²) in [6.07, 6.45) is 0. The number of nitrogens with two attached hydrogens (primary N) is 1. The maximum Gasteiger partial charge on any atom is 0.233 e. The van der Waals surface area contributed by atoms with Gasteiger partial charge in [0.25, 0.3) is 0 Å². The van der Waals surface area contributed by atoms with Crippen molar-refractivity contribution in [3.8, 4) is 0 Å². The maximum absolute atomic E-state index is 11.6. The number of alkyl halides is 1. The summed E-state index contributed by atoms with van der Waals surface area (Å²) in [5, 5.41) is 0. The summed E-state index contributed by atoms with van der Waals surface area (Å²) in [4.78, 5) is 11.4. The van der Waals surface area contributed by atoms with Crippen LogP contribution in [0.4, 0.5) is 5.69 Å². The fourth-order valence-corrected chi connectivity index (χ4v) is 3.39. The third kappa shape index (κ3) is 5.16. The zero-order valence-electron chi connectivity index (χ0n) is 9.43. The molecule has 0 bridgehead atoms. The Balaban J connectivity index is 2.85. The minimum absolute atomic E-state index is 0.0198. The van der Waals surface area contributed by atoms with Gasteiger partial charge in [-0.2, -0.15) is 0 Å². The van der Waals surface area contributed by atoms with E-state index in [0.29, 0.717) is 10.6 Å². The first-order valence-corrected chi connectivity index (χ1v) is 8.18. The number of anilines is 1. The SMILES string of the molecule is NC(=O)CSc1ccccc1NS(=O)(=O)CCCl. The average Bonchev–Trinajstić information content (AvgIpc) is 2.27. The molecule has 0 saturated heterocycles. The van der Waals surface area contributed by atoms with Crippen molar-refractivity contribution in [1.82, 2.24) is 0 Å². The zero-order valence-corrected chi connectivity index (χ0v) is 11.8.